The predicted octanol–water partition coefficient (Wildman–Crippen LogP) is 10.8. The van der Waals surface area contributed by atoms with E-state index in [9.17, 15) is 10.2 Å². The summed E-state index contributed by atoms with van der Waals surface area (Å²) in [4.78, 5) is 0. The van der Waals surface area contributed by atoms with Crippen molar-refractivity contribution in [3.8, 4) is 39.1 Å². The molecule has 0 saturated carbocycles. The molecule has 0 radical (unpaired) electrons. The number of aliphatic hydroxyl groups excluding tert-OH is 1. The summed E-state index contributed by atoms with van der Waals surface area (Å²) in [5, 5.41) is 27.5. The molecule has 216 valence electrons. The van der Waals surface area contributed by atoms with Crippen LogP contribution in [0.5, 0.6) is 5.75 Å². The highest BCUT2D eigenvalue weighted by atomic mass is 16.3. The number of aromatic hydroxyl groups is 1. The molecule has 0 fully saturated rings. The van der Waals surface area contributed by atoms with Crippen LogP contribution in [-0.4, -0.2) is 16.8 Å². The maximum atomic E-state index is 9.80. The second kappa shape index (κ2) is 9.94. The summed E-state index contributed by atoms with van der Waals surface area (Å²) >= 11 is 0. The number of phenols is 1. The molecule has 0 heterocycles. The molecule has 2 N–H and O–H groups in total. The van der Waals surface area contributed by atoms with Gasteiger partial charge in [0, 0.05) is 12.5 Å². The van der Waals surface area contributed by atoms with Crippen LogP contribution in [0.3, 0.4) is 0 Å². The lowest BCUT2D eigenvalue weighted by Gasteiger charge is -2.22. The zero-order valence-electron chi connectivity index (χ0n) is 25.5. The summed E-state index contributed by atoms with van der Waals surface area (Å²) in [6.07, 6.45) is 1.65. The number of phenolic OH excluding ortho intramolecular Hbond substituents is 1. The van der Waals surface area contributed by atoms with E-state index in [0.29, 0.717) is 0 Å². The first-order valence-electron chi connectivity index (χ1n) is 15.7. The highest BCUT2D eigenvalue weighted by molar-refractivity contribution is 6.25. The monoisotopic (exact) mass is 572 g/mol. The Morgan fingerprint density at radius 3 is 1.82 bits per heavy atom. The lowest BCUT2D eigenvalue weighted by Crippen LogP contribution is -2.10. The van der Waals surface area contributed by atoms with Crippen molar-refractivity contribution in [3.05, 3.63) is 126 Å². The Morgan fingerprint density at radius 2 is 1.14 bits per heavy atom. The molecular weight excluding hydrogens is 536 g/mol. The number of rotatable bonds is 5. The van der Waals surface area contributed by atoms with E-state index in [1.54, 1.807) is 12.1 Å². The first-order chi connectivity index (χ1) is 21.3. The molecule has 1 atom stereocenters. The highest BCUT2D eigenvalue weighted by Crippen LogP contribution is 2.50. The Morgan fingerprint density at radius 1 is 0.568 bits per heavy atom. The van der Waals surface area contributed by atoms with E-state index >= 15 is 0 Å². The van der Waals surface area contributed by atoms with Gasteiger partial charge in [0.25, 0.3) is 0 Å². The van der Waals surface area contributed by atoms with Gasteiger partial charge in [-0.3, -0.25) is 0 Å². The van der Waals surface area contributed by atoms with Gasteiger partial charge in [0.2, 0.25) is 0 Å². The van der Waals surface area contributed by atoms with Crippen molar-refractivity contribution in [1.82, 2.24) is 0 Å². The van der Waals surface area contributed by atoms with E-state index in [-0.39, 0.29) is 23.7 Å². The Labute approximate surface area is 258 Å². The third kappa shape index (κ3) is 4.20. The maximum Gasteiger partial charge on any atom is 0.115 e. The first-order valence-corrected chi connectivity index (χ1v) is 15.7. The van der Waals surface area contributed by atoms with Crippen LogP contribution < -0.4 is 0 Å². The summed E-state index contributed by atoms with van der Waals surface area (Å²) in [5.74, 6) is 0.497. The summed E-state index contributed by atoms with van der Waals surface area (Å²) in [5.41, 5.74) is 11.4. The number of hydrogen-bond acceptors (Lipinski definition) is 2. The van der Waals surface area contributed by atoms with Gasteiger partial charge in [0.05, 0.1) is 0 Å². The SMILES string of the molecule is CC(C)(C)c1cc2ccc3ccc(-c4ccc5c(c4)C(CCCO)c4cc(-c6ccc(O)cc6)ccc4-5)c4ccc(c1)c2c34. The second-order valence-electron chi connectivity index (χ2n) is 13.5. The molecule has 0 aliphatic heterocycles. The van der Waals surface area contributed by atoms with Gasteiger partial charge in [0.1, 0.15) is 5.75 Å². The molecular formula is C42H36O2. The number of benzene rings is 7. The quantitative estimate of drug-likeness (QED) is 0.201. The average molecular weight is 573 g/mol. The molecule has 0 bridgehead atoms. The highest BCUT2D eigenvalue weighted by Gasteiger charge is 2.29. The van der Waals surface area contributed by atoms with Gasteiger partial charge < -0.3 is 10.2 Å². The van der Waals surface area contributed by atoms with E-state index in [1.165, 1.54) is 71.3 Å². The van der Waals surface area contributed by atoms with Gasteiger partial charge in [-0.05, 0) is 125 Å². The van der Waals surface area contributed by atoms with Crippen molar-refractivity contribution in [3.63, 3.8) is 0 Å². The van der Waals surface area contributed by atoms with Gasteiger partial charge in [-0.25, -0.2) is 0 Å². The lowest BCUT2D eigenvalue weighted by atomic mass is 9.82. The van der Waals surface area contributed by atoms with Crippen molar-refractivity contribution in [1.29, 1.82) is 0 Å². The smallest absolute Gasteiger partial charge is 0.115 e. The molecule has 0 spiro atoms. The lowest BCUT2D eigenvalue weighted by molar-refractivity contribution is 0.282. The van der Waals surface area contributed by atoms with Crippen molar-refractivity contribution < 1.29 is 10.2 Å². The zero-order chi connectivity index (χ0) is 30.2. The molecule has 0 amide bonds. The molecule has 1 aliphatic carbocycles. The minimum atomic E-state index is 0.0923. The van der Waals surface area contributed by atoms with E-state index in [2.05, 4.69) is 106 Å². The molecule has 1 unspecified atom stereocenters. The van der Waals surface area contributed by atoms with Crippen molar-refractivity contribution in [2.75, 3.05) is 6.61 Å². The summed E-state index contributed by atoms with van der Waals surface area (Å²) in [6, 6.07) is 39.7. The Balaban J connectivity index is 1.27. The van der Waals surface area contributed by atoms with Crippen LogP contribution in [0.2, 0.25) is 0 Å². The van der Waals surface area contributed by atoms with Gasteiger partial charge in [-0.1, -0.05) is 106 Å². The molecule has 7 aromatic rings. The zero-order valence-corrected chi connectivity index (χ0v) is 25.5. The van der Waals surface area contributed by atoms with Gasteiger partial charge in [-0.15, -0.1) is 0 Å². The molecule has 44 heavy (non-hydrogen) atoms. The van der Waals surface area contributed by atoms with E-state index in [1.807, 2.05) is 12.1 Å². The van der Waals surface area contributed by atoms with Crippen LogP contribution in [0, 0.1) is 0 Å². The van der Waals surface area contributed by atoms with Crippen LogP contribution >= 0.6 is 0 Å². The minimum Gasteiger partial charge on any atom is -0.508 e. The second-order valence-corrected chi connectivity index (χ2v) is 13.5. The number of aliphatic hydroxyl groups is 1. The van der Waals surface area contributed by atoms with Crippen LogP contribution in [0.25, 0.3) is 65.7 Å². The number of fused-ring (bicyclic) bond motifs is 3. The van der Waals surface area contributed by atoms with Gasteiger partial charge in [0.15, 0.2) is 0 Å². The Bertz CT molecular complexity index is 2180. The predicted molar refractivity (Wildman–Crippen MR) is 185 cm³/mol. The third-order valence-corrected chi connectivity index (χ3v) is 9.77. The van der Waals surface area contributed by atoms with Crippen LogP contribution in [-0.2, 0) is 5.41 Å². The fourth-order valence-corrected chi connectivity index (χ4v) is 7.47. The summed E-state index contributed by atoms with van der Waals surface area (Å²) in [7, 11) is 0. The Kier molecular flexibility index (Phi) is 6.08. The normalized spacial score (nSPS) is 14.5. The van der Waals surface area contributed by atoms with Crippen molar-refractivity contribution in [2.45, 2.75) is 44.9 Å². The fraction of sp³-hybridized carbons (Fsp3) is 0.190. The van der Waals surface area contributed by atoms with Crippen LogP contribution in [0.4, 0.5) is 0 Å². The topological polar surface area (TPSA) is 40.5 Å². The van der Waals surface area contributed by atoms with Gasteiger partial charge >= 0.3 is 0 Å². The molecule has 2 heteroatoms. The van der Waals surface area contributed by atoms with E-state index < -0.39 is 0 Å². The average Bonchev–Trinajstić information content (AvgIpc) is 3.34. The standard InChI is InChI=1S/C42H36O2/c1-42(2,3)31-21-29-7-6-26-10-16-33(37-19-13-30(22-31)40(29)41(26)37)28-12-18-36-35-17-11-27(25-8-14-32(44)15-9-25)23-38(35)34(5-4-20-43)39(36)24-28/h6-19,21-24,34,43-44H,4-5,20H2,1-3H3. The summed E-state index contributed by atoms with van der Waals surface area (Å²) in [6.45, 7) is 7.04. The molecule has 2 nitrogen and oxygen atoms in total. The molecule has 8 rings (SSSR count). The maximum absolute atomic E-state index is 9.80. The fourth-order valence-electron chi connectivity index (χ4n) is 7.47. The Hall–Kier alpha value is -4.66. The minimum absolute atomic E-state index is 0.0923. The van der Waals surface area contributed by atoms with Crippen molar-refractivity contribution >= 4 is 32.3 Å². The van der Waals surface area contributed by atoms with E-state index in [0.717, 1.165) is 24.0 Å². The molecule has 0 saturated heterocycles. The van der Waals surface area contributed by atoms with Crippen LogP contribution in [0.15, 0.2) is 109 Å². The van der Waals surface area contributed by atoms with Crippen LogP contribution in [0.1, 0.15) is 56.2 Å². The molecule has 7 aromatic carbocycles. The van der Waals surface area contributed by atoms with Gasteiger partial charge in [-0.2, -0.15) is 0 Å². The number of hydrogen-bond donors (Lipinski definition) is 2. The summed E-state index contributed by atoms with van der Waals surface area (Å²) < 4.78 is 0. The van der Waals surface area contributed by atoms with Crippen molar-refractivity contribution in [2.24, 2.45) is 0 Å². The van der Waals surface area contributed by atoms with E-state index in [4.69, 9.17) is 0 Å². The largest absolute Gasteiger partial charge is 0.508 e. The molecule has 0 aromatic heterocycles. The molecule has 1 aliphatic rings. The first kappa shape index (κ1) is 26.9. The third-order valence-electron chi connectivity index (χ3n) is 9.77.